The highest BCUT2D eigenvalue weighted by Crippen LogP contribution is 2.20. The summed E-state index contributed by atoms with van der Waals surface area (Å²) in [4.78, 5) is 39.5. The quantitative estimate of drug-likeness (QED) is 0.483. The van der Waals surface area contributed by atoms with Crippen LogP contribution in [0.5, 0.6) is 0 Å². The third kappa shape index (κ3) is 4.57. The number of hydrogen-bond donors (Lipinski definition) is 1. The average molecular weight is 423 g/mol. The van der Waals surface area contributed by atoms with Crippen LogP contribution >= 0.6 is 11.3 Å². The summed E-state index contributed by atoms with van der Waals surface area (Å²) < 4.78 is 37.1. The monoisotopic (exact) mass is 423 g/mol. The van der Waals surface area contributed by atoms with Crippen molar-refractivity contribution in [1.29, 1.82) is 0 Å². The molecule has 0 bridgehead atoms. The van der Waals surface area contributed by atoms with Gasteiger partial charge in [-0.2, -0.15) is 4.68 Å². The van der Waals surface area contributed by atoms with Gasteiger partial charge in [-0.25, -0.2) is 18.6 Å². The Morgan fingerprint density at radius 2 is 1.97 bits per heavy atom. The summed E-state index contributed by atoms with van der Waals surface area (Å²) in [7, 11) is 0. The predicted octanol–water partition coefficient (Wildman–Crippen LogP) is 2.88. The molecule has 0 saturated heterocycles. The molecular weight excluding hydrogens is 408 g/mol. The van der Waals surface area contributed by atoms with E-state index in [-0.39, 0.29) is 28.0 Å². The summed E-state index contributed by atoms with van der Waals surface area (Å²) in [5, 5.41) is 4.23. The van der Waals surface area contributed by atoms with Gasteiger partial charge in [0.15, 0.2) is 17.3 Å². The summed E-state index contributed by atoms with van der Waals surface area (Å²) in [5.41, 5.74) is -0.0805. The number of esters is 2. The maximum Gasteiger partial charge on any atom is 0.360 e. The zero-order chi connectivity index (χ0) is 21.1. The molecule has 0 saturated carbocycles. The Bertz CT molecular complexity index is 1120. The highest BCUT2D eigenvalue weighted by molar-refractivity contribution is 7.12. The topological polar surface area (TPSA) is 103 Å². The third-order valence-corrected chi connectivity index (χ3v) is 4.53. The van der Waals surface area contributed by atoms with E-state index in [1.807, 2.05) is 0 Å². The molecule has 0 fully saturated rings. The van der Waals surface area contributed by atoms with Gasteiger partial charge in [-0.15, -0.1) is 11.3 Å². The molecular formula is C18H15F2N3O5S. The van der Waals surface area contributed by atoms with E-state index in [4.69, 9.17) is 9.47 Å². The van der Waals surface area contributed by atoms with Crippen LogP contribution in [-0.2, 0) is 14.3 Å². The molecule has 3 rings (SSSR count). The zero-order valence-electron chi connectivity index (χ0n) is 15.3. The van der Waals surface area contributed by atoms with Gasteiger partial charge < -0.3 is 9.47 Å². The number of aromatic amines is 1. The van der Waals surface area contributed by atoms with Crippen LogP contribution in [0.4, 0.5) is 8.78 Å². The lowest BCUT2D eigenvalue weighted by Crippen LogP contribution is -2.17. The maximum atomic E-state index is 13.4. The minimum Gasteiger partial charge on any atom is -0.428 e. The number of thiazole rings is 1. The molecule has 11 heteroatoms. The number of ether oxygens (including phenoxy) is 2. The molecule has 8 nitrogen and oxygen atoms in total. The van der Waals surface area contributed by atoms with Crippen molar-refractivity contribution in [2.75, 3.05) is 6.79 Å². The van der Waals surface area contributed by atoms with Crippen LogP contribution in [0.3, 0.4) is 0 Å². The normalized spacial score (nSPS) is 10.9. The van der Waals surface area contributed by atoms with Gasteiger partial charge >= 0.3 is 11.9 Å². The highest BCUT2D eigenvalue weighted by atomic mass is 32.1. The standard InChI is InChI=1S/C18H15F2N3O5S/c1-9(2)16(25)27-8-28-17(26)14-7-29-18(21-14)23-15(24)6-13(22-23)10-3-4-11(19)12(20)5-10/h3-7,9,22H,8H2,1-2H3. The van der Waals surface area contributed by atoms with Gasteiger partial charge in [0.2, 0.25) is 11.9 Å². The summed E-state index contributed by atoms with van der Waals surface area (Å²) in [5.74, 6) is -3.75. The predicted molar refractivity (Wildman–Crippen MR) is 98.6 cm³/mol. The fourth-order valence-corrected chi connectivity index (χ4v) is 2.95. The lowest BCUT2D eigenvalue weighted by atomic mass is 10.1. The van der Waals surface area contributed by atoms with Crippen molar-refractivity contribution < 1.29 is 27.8 Å². The van der Waals surface area contributed by atoms with Gasteiger partial charge in [-0.1, -0.05) is 13.8 Å². The number of nitrogens with one attached hydrogen (secondary N) is 1. The lowest BCUT2D eigenvalue weighted by molar-refractivity contribution is -0.155. The fourth-order valence-electron chi connectivity index (χ4n) is 2.19. The first-order valence-electron chi connectivity index (χ1n) is 8.33. The first-order valence-corrected chi connectivity index (χ1v) is 9.21. The summed E-state index contributed by atoms with van der Waals surface area (Å²) in [6, 6.07) is 4.41. The number of rotatable bonds is 6. The van der Waals surface area contributed by atoms with Crippen LogP contribution in [-0.4, -0.2) is 33.5 Å². The van der Waals surface area contributed by atoms with E-state index in [1.54, 1.807) is 13.8 Å². The van der Waals surface area contributed by atoms with Crippen LogP contribution < -0.4 is 5.56 Å². The number of halogens is 2. The molecule has 3 aromatic rings. The van der Waals surface area contributed by atoms with Gasteiger partial charge in [0.1, 0.15) is 0 Å². The van der Waals surface area contributed by atoms with E-state index in [0.29, 0.717) is 0 Å². The van der Waals surface area contributed by atoms with E-state index in [2.05, 4.69) is 10.1 Å². The Kier molecular flexibility index (Phi) is 5.87. The Morgan fingerprint density at radius 3 is 2.66 bits per heavy atom. The second kappa shape index (κ2) is 8.35. The molecule has 0 aliphatic rings. The lowest BCUT2D eigenvalue weighted by Gasteiger charge is -2.06. The number of hydrogen-bond acceptors (Lipinski definition) is 7. The zero-order valence-corrected chi connectivity index (χ0v) is 16.1. The van der Waals surface area contributed by atoms with Crippen molar-refractivity contribution in [3.05, 3.63) is 57.3 Å². The Labute approximate surface area is 166 Å². The second-order valence-electron chi connectivity index (χ2n) is 6.16. The van der Waals surface area contributed by atoms with Gasteiger partial charge in [0, 0.05) is 17.0 Å². The Balaban J connectivity index is 1.74. The van der Waals surface area contributed by atoms with Crippen molar-refractivity contribution in [3.8, 4) is 16.4 Å². The number of H-pyrrole nitrogens is 1. The van der Waals surface area contributed by atoms with Gasteiger partial charge in [-0.05, 0) is 18.2 Å². The van der Waals surface area contributed by atoms with Crippen molar-refractivity contribution >= 4 is 23.3 Å². The number of carbonyl (C=O) groups excluding carboxylic acids is 2. The summed E-state index contributed by atoms with van der Waals surface area (Å²) >= 11 is 0.982. The molecule has 29 heavy (non-hydrogen) atoms. The molecule has 0 aliphatic carbocycles. The van der Waals surface area contributed by atoms with Crippen molar-refractivity contribution in [3.63, 3.8) is 0 Å². The van der Waals surface area contributed by atoms with Crippen molar-refractivity contribution in [2.45, 2.75) is 13.8 Å². The molecule has 152 valence electrons. The molecule has 1 aromatic carbocycles. The van der Waals surface area contributed by atoms with E-state index in [9.17, 15) is 23.2 Å². The first kappa shape index (κ1) is 20.4. The molecule has 2 aromatic heterocycles. The fraction of sp³-hybridized carbons (Fsp3) is 0.222. The van der Waals surface area contributed by atoms with Crippen LogP contribution in [0.1, 0.15) is 24.3 Å². The number of carbonyl (C=O) groups is 2. The number of aromatic nitrogens is 3. The van der Waals surface area contributed by atoms with E-state index >= 15 is 0 Å². The Hall–Kier alpha value is -3.34. The molecule has 0 amide bonds. The second-order valence-corrected chi connectivity index (χ2v) is 6.99. The van der Waals surface area contributed by atoms with Gasteiger partial charge in [0.05, 0.1) is 11.6 Å². The number of benzene rings is 1. The molecule has 1 N–H and O–H groups in total. The minimum absolute atomic E-state index is 0.0820. The SMILES string of the molecule is CC(C)C(=O)OCOC(=O)c1csc(-n2[nH]c(-c3ccc(F)c(F)c3)cc2=O)n1. The molecule has 0 spiro atoms. The molecule has 2 heterocycles. The van der Waals surface area contributed by atoms with Crippen LogP contribution in [0.15, 0.2) is 34.4 Å². The van der Waals surface area contributed by atoms with Gasteiger partial charge in [0.25, 0.3) is 5.56 Å². The highest BCUT2D eigenvalue weighted by Gasteiger charge is 2.17. The number of nitrogens with zero attached hydrogens (tertiary/aromatic N) is 2. The molecule has 0 aliphatic heterocycles. The van der Waals surface area contributed by atoms with Crippen molar-refractivity contribution in [1.82, 2.24) is 14.8 Å². The van der Waals surface area contributed by atoms with E-state index in [1.165, 1.54) is 17.5 Å². The molecule has 0 radical (unpaired) electrons. The van der Waals surface area contributed by atoms with E-state index < -0.39 is 35.9 Å². The van der Waals surface area contributed by atoms with Crippen molar-refractivity contribution in [2.24, 2.45) is 5.92 Å². The smallest absolute Gasteiger partial charge is 0.360 e. The summed E-state index contributed by atoms with van der Waals surface area (Å²) in [6.07, 6.45) is 0. The first-order chi connectivity index (χ1) is 13.8. The van der Waals surface area contributed by atoms with Gasteiger partial charge in [-0.3, -0.25) is 14.7 Å². The van der Waals surface area contributed by atoms with Crippen LogP contribution in [0.2, 0.25) is 0 Å². The van der Waals surface area contributed by atoms with Crippen LogP contribution in [0, 0.1) is 17.6 Å². The van der Waals surface area contributed by atoms with E-state index in [0.717, 1.165) is 28.2 Å². The third-order valence-electron chi connectivity index (χ3n) is 3.71. The largest absolute Gasteiger partial charge is 0.428 e. The van der Waals surface area contributed by atoms with Crippen LogP contribution in [0.25, 0.3) is 16.4 Å². The summed E-state index contributed by atoms with van der Waals surface area (Å²) in [6.45, 7) is 2.73. The molecule has 0 unspecified atom stereocenters. The minimum atomic E-state index is -1.05. The molecule has 0 atom stereocenters. The maximum absolute atomic E-state index is 13.4. The Morgan fingerprint density at radius 1 is 1.21 bits per heavy atom. The average Bonchev–Trinajstić information content (AvgIpc) is 3.30.